The van der Waals surface area contributed by atoms with E-state index in [1.165, 1.54) is 15.9 Å². The van der Waals surface area contributed by atoms with E-state index in [0.29, 0.717) is 11.4 Å². The van der Waals surface area contributed by atoms with Crippen LogP contribution in [0, 0.1) is 0 Å². The summed E-state index contributed by atoms with van der Waals surface area (Å²) in [6.45, 7) is 21.0. The highest BCUT2D eigenvalue weighted by Gasteiger charge is 2.29. The first kappa shape index (κ1) is 35.9. The van der Waals surface area contributed by atoms with Crippen LogP contribution in [-0.4, -0.2) is 7.11 Å². The molecule has 0 bridgehead atoms. The fourth-order valence-corrected chi connectivity index (χ4v) is 12.0. The Hall–Kier alpha value is -4.94. The van der Waals surface area contributed by atoms with Gasteiger partial charge in [-0.05, 0) is 41.9 Å². The molecule has 0 aliphatic heterocycles. The Morgan fingerprint density at radius 3 is 1.62 bits per heavy atom. The van der Waals surface area contributed by atoms with E-state index >= 15 is 0 Å². The van der Waals surface area contributed by atoms with Crippen LogP contribution in [0.3, 0.4) is 0 Å². The SMILES string of the molecule is C=C/C=C\C(=C)P(=Nc1ccc(N=P(/C(C)=C/C=C\C)(c2ccccc2)c2ccccc2)cc1OC)(C(=C)/C=C\C=C)c1ccccc1. The summed E-state index contributed by atoms with van der Waals surface area (Å²) in [4.78, 5) is 0. The zero-order valence-corrected chi connectivity index (χ0v) is 29.9. The lowest BCUT2D eigenvalue weighted by Crippen LogP contribution is -2.17. The first-order valence-electron chi connectivity index (χ1n) is 15.7. The molecule has 4 rings (SSSR count). The number of benzene rings is 4. The fourth-order valence-electron chi connectivity index (χ4n) is 5.45. The minimum atomic E-state index is -2.69. The average molecular weight is 667 g/mol. The number of methoxy groups -OCH3 is 1. The number of allylic oxidation sites excluding steroid dienone is 12. The zero-order chi connectivity index (χ0) is 34.4. The first-order valence-corrected chi connectivity index (χ1v) is 19.2. The van der Waals surface area contributed by atoms with Gasteiger partial charge in [0.1, 0.15) is 11.4 Å². The minimum absolute atomic E-state index is 0.617. The molecule has 0 aliphatic rings. The summed E-state index contributed by atoms with van der Waals surface area (Å²) in [5.41, 5.74) is 1.50. The summed E-state index contributed by atoms with van der Waals surface area (Å²) in [7, 11) is -3.46. The molecule has 242 valence electrons. The summed E-state index contributed by atoms with van der Waals surface area (Å²) in [5.74, 6) is 0.617. The van der Waals surface area contributed by atoms with Crippen molar-refractivity contribution in [3.05, 3.63) is 206 Å². The lowest BCUT2D eigenvalue weighted by Gasteiger charge is -2.28. The molecular formula is C43H44N2OP2. The predicted molar refractivity (Wildman–Crippen MR) is 215 cm³/mol. The number of rotatable bonds is 14. The molecule has 0 radical (unpaired) electrons. The lowest BCUT2D eigenvalue weighted by molar-refractivity contribution is 0.416. The van der Waals surface area contributed by atoms with Gasteiger partial charge in [0.05, 0.1) is 26.9 Å². The molecule has 5 heteroatoms. The van der Waals surface area contributed by atoms with Crippen molar-refractivity contribution in [3.8, 4) is 5.75 Å². The maximum absolute atomic E-state index is 6.06. The summed E-state index contributed by atoms with van der Waals surface area (Å²) in [6.07, 6.45) is 17.5. The molecule has 0 saturated carbocycles. The van der Waals surface area contributed by atoms with Gasteiger partial charge in [0.2, 0.25) is 0 Å². The van der Waals surface area contributed by atoms with Crippen LogP contribution in [0.25, 0.3) is 0 Å². The molecule has 0 unspecified atom stereocenters. The molecule has 4 aromatic carbocycles. The third-order valence-corrected chi connectivity index (χ3v) is 15.1. The van der Waals surface area contributed by atoms with Gasteiger partial charge in [-0.2, -0.15) is 0 Å². The van der Waals surface area contributed by atoms with E-state index in [1.807, 2.05) is 85.8 Å². The Morgan fingerprint density at radius 1 is 0.667 bits per heavy atom. The van der Waals surface area contributed by atoms with E-state index in [1.54, 1.807) is 19.3 Å². The second kappa shape index (κ2) is 17.3. The zero-order valence-electron chi connectivity index (χ0n) is 28.1. The second-order valence-electron chi connectivity index (χ2n) is 10.8. The van der Waals surface area contributed by atoms with Gasteiger partial charge >= 0.3 is 0 Å². The van der Waals surface area contributed by atoms with Crippen LogP contribution in [0.4, 0.5) is 11.4 Å². The van der Waals surface area contributed by atoms with Gasteiger partial charge < -0.3 is 4.74 Å². The topological polar surface area (TPSA) is 34.0 Å². The summed E-state index contributed by atoms with van der Waals surface area (Å²) in [6, 6.07) is 37.4. The maximum Gasteiger partial charge on any atom is 0.146 e. The molecule has 0 atom stereocenters. The number of ether oxygens (including phenoxy) is 1. The normalized spacial score (nSPS) is 12.3. The molecule has 0 heterocycles. The Balaban J connectivity index is 2.09. The molecule has 3 nitrogen and oxygen atoms in total. The van der Waals surface area contributed by atoms with Crippen LogP contribution in [0.2, 0.25) is 0 Å². The largest absolute Gasteiger partial charge is 0.494 e. The van der Waals surface area contributed by atoms with Gasteiger partial charge in [-0.15, -0.1) is 0 Å². The third-order valence-electron chi connectivity index (χ3n) is 7.80. The molecule has 0 N–H and O–H groups in total. The maximum atomic E-state index is 6.06. The van der Waals surface area contributed by atoms with Crippen molar-refractivity contribution in [2.24, 2.45) is 9.49 Å². The van der Waals surface area contributed by atoms with E-state index < -0.39 is 14.1 Å². The van der Waals surface area contributed by atoms with Crippen LogP contribution in [-0.2, 0) is 0 Å². The van der Waals surface area contributed by atoms with Gasteiger partial charge in [0.15, 0.2) is 0 Å². The van der Waals surface area contributed by atoms with Crippen molar-refractivity contribution in [1.29, 1.82) is 0 Å². The molecule has 4 aromatic rings. The third kappa shape index (κ3) is 7.77. The predicted octanol–water partition coefficient (Wildman–Crippen LogP) is 12.3. The average Bonchev–Trinajstić information content (AvgIpc) is 3.14. The van der Waals surface area contributed by atoms with E-state index in [-0.39, 0.29) is 0 Å². The Labute approximate surface area is 287 Å². The van der Waals surface area contributed by atoms with Gasteiger partial charge in [0, 0.05) is 22.0 Å². The van der Waals surface area contributed by atoms with E-state index in [4.69, 9.17) is 14.2 Å². The standard InChI is InChI=1S/C43H44N2OP2/c1-8-11-23-35(4)47(36(5)24-12-9-2,39-26-17-14-18-27-39)45-42-33-32-38(34-43(42)46-7)44-48(37(6)25-13-10-3,40-28-19-15-20-29-40)41-30-21-16-22-31-41/h8-34H,1-2,4-5H2,3,6-7H3/b13-10-,23-11-,24-12-,37-25+. The Morgan fingerprint density at radius 2 is 1.17 bits per heavy atom. The molecule has 0 saturated heterocycles. The number of hydrogen-bond donors (Lipinski definition) is 0. The van der Waals surface area contributed by atoms with Gasteiger partial charge in [-0.3, -0.25) is 9.49 Å². The van der Waals surface area contributed by atoms with E-state index in [2.05, 4.69) is 106 Å². The molecule has 0 aliphatic carbocycles. The molecule has 0 fully saturated rings. The van der Waals surface area contributed by atoms with Crippen molar-refractivity contribution in [1.82, 2.24) is 0 Å². The Kier molecular flexibility index (Phi) is 12.9. The van der Waals surface area contributed by atoms with E-state index in [0.717, 1.165) is 21.6 Å². The van der Waals surface area contributed by atoms with Gasteiger partial charge in [0.25, 0.3) is 0 Å². The molecule has 0 amide bonds. The van der Waals surface area contributed by atoms with Crippen LogP contribution in [0.15, 0.2) is 216 Å². The van der Waals surface area contributed by atoms with Crippen molar-refractivity contribution in [3.63, 3.8) is 0 Å². The molecule has 0 spiro atoms. The first-order chi connectivity index (χ1) is 23.4. The highest BCUT2D eigenvalue weighted by atomic mass is 31.2. The molecular weight excluding hydrogens is 622 g/mol. The molecule has 0 aromatic heterocycles. The van der Waals surface area contributed by atoms with Crippen molar-refractivity contribution >= 4 is 41.4 Å². The van der Waals surface area contributed by atoms with Crippen molar-refractivity contribution in [2.45, 2.75) is 13.8 Å². The van der Waals surface area contributed by atoms with Gasteiger partial charge in [-0.1, -0.05) is 172 Å². The van der Waals surface area contributed by atoms with Crippen molar-refractivity contribution in [2.75, 3.05) is 7.11 Å². The highest BCUT2D eigenvalue weighted by Crippen LogP contribution is 2.65. The number of hydrogen-bond acceptors (Lipinski definition) is 3. The Bertz CT molecular complexity index is 1920. The fraction of sp³-hybridized carbons (Fsp3) is 0.0698. The molecule has 48 heavy (non-hydrogen) atoms. The quantitative estimate of drug-likeness (QED) is 0.0974. The summed E-state index contributed by atoms with van der Waals surface area (Å²) < 4.78 is 17.2. The van der Waals surface area contributed by atoms with E-state index in [9.17, 15) is 0 Å². The summed E-state index contributed by atoms with van der Waals surface area (Å²) >= 11 is 0. The van der Waals surface area contributed by atoms with Crippen LogP contribution >= 0.6 is 14.1 Å². The highest BCUT2D eigenvalue weighted by molar-refractivity contribution is 7.84. The number of nitrogens with zero attached hydrogens (tertiary/aromatic N) is 2. The lowest BCUT2D eigenvalue weighted by atomic mass is 10.2. The van der Waals surface area contributed by atoms with Crippen LogP contribution in [0.1, 0.15) is 13.8 Å². The second-order valence-corrected chi connectivity index (χ2v) is 17.2. The summed E-state index contributed by atoms with van der Waals surface area (Å²) in [5, 5.41) is 6.24. The monoisotopic (exact) mass is 666 g/mol. The van der Waals surface area contributed by atoms with Gasteiger partial charge in [-0.25, -0.2) is 0 Å². The van der Waals surface area contributed by atoms with Crippen LogP contribution < -0.4 is 20.7 Å². The van der Waals surface area contributed by atoms with Crippen LogP contribution in [0.5, 0.6) is 5.75 Å². The smallest absolute Gasteiger partial charge is 0.146 e. The minimum Gasteiger partial charge on any atom is -0.494 e. The van der Waals surface area contributed by atoms with Crippen molar-refractivity contribution < 1.29 is 4.74 Å².